The Balaban J connectivity index is 2.04. The van der Waals surface area contributed by atoms with Gasteiger partial charge in [0.2, 0.25) is 0 Å². The maximum Gasteiger partial charge on any atom is 0.256 e. The number of aliphatic hydroxyl groups is 1. The average Bonchev–Trinajstić information content (AvgIpc) is 2.79. The van der Waals surface area contributed by atoms with Crippen LogP contribution in [-0.4, -0.2) is 22.5 Å². The van der Waals surface area contributed by atoms with Crippen LogP contribution in [0.15, 0.2) is 40.1 Å². The SMILES string of the molecule is OCCCSc1ncc(-c2ccc(F)cc2)o1. The molecule has 1 N–H and O–H groups in total. The molecule has 0 saturated carbocycles. The summed E-state index contributed by atoms with van der Waals surface area (Å²) in [7, 11) is 0. The third-order valence-corrected chi connectivity index (χ3v) is 3.07. The Bertz CT molecular complexity index is 470. The second kappa shape index (κ2) is 5.84. The third-order valence-electron chi connectivity index (χ3n) is 2.14. The van der Waals surface area contributed by atoms with Crippen LogP contribution >= 0.6 is 11.8 Å². The highest BCUT2D eigenvalue weighted by Crippen LogP contribution is 2.25. The fourth-order valence-electron chi connectivity index (χ4n) is 1.30. The summed E-state index contributed by atoms with van der Waals surface area (Å²) in [5.41, 5.74) is 0.799. The molecule has 1 aromatic heterocycles. The predicted molar refractivity (Wildman–Crippen MR) is 64.3 cm³/mol. The van der Waals surface area contributed by atoms with Crippen LogP contribution in [0.4, 0.5) is 4.39 Å². The molecule has 0 spiro atoms. The van der Waals surface area contributed by atoms with Crippen molar-refractivity contribution in [1.29, 1.82) is 0 Å². The first-order valence-corrected chi connectivity index (χ1v) is 6.23. The largest absolute Gasteiger partial charge is 0.431 e. The Morgan fingerprint density at radius 2 is 2.06 bits per heavy atom. The van der Waals surface area contributed by atoms with Crippen LogP contribution in [-0.2, 0) is 0 Å². The molecule has 0 fully saturated rings. The molecule has 17 heavy (non-hydrogen) atoms. The van der Waals surface area contributed by atoms with Gasteiger partial charge in [-0.1, -0.05) is 11.8 Å². The number of thioether (sulfide) groups is 1. The molecule has 1 aromatic carbocycles. The minimum absolute atomic E-state index is 0.165. The van der Waals surface area contributed by atoms with Crippen molar-refractivity contribution in [3.63, 3.8) is 0 Å². The molecule has 5 heteroatoms. The number of oxazole rings is 1. The molecule has 0 aliphatic rings. The number of nitrogens with zero attached hydrogens (tertiary/aromatic N) is 1. The number of hydrogen-bond acceptors (Lipinski definition) is 4. The summed E-state index contributed by atoms with van der Waals surface area (Å²) in [4.78, 5) is 4.11. The molecule has 2 aromatic rings. The van der Waals surface area contributed by atoms with Crippen LogP contribution in [0, 0.1) is 5.82 Å². The van der Waals surface area contributed by atoms with Gasteiger partial charge < -0.3 is 9.52 Å². The number of rotatable bonds is 5. The van der Waals surface area contributed by atoms with Gasteiger partial charge in [0.15, 0.2) is 5.76 Å². The first kappa shape index (κ1) is 12.1. The van der Waals surface area contributed by atoms with Crippen molar-refractivity contribution in [3.8, 4) is 11.3 Å². The van der Waals surface area contributed by atoms with E-state index in [0.717, 1.165) is 11.3 Å². The average molecular weight is 253 g/mol. The zero-order chi connectivity index (χ0) is 12.1. The van der Waals surface area contributed by atoms with Crippen LogP contribution in [0.1, 0.15) is 6.42 Å². The molecule has 0 atom stereocenters. The molecular formula is C12H12FNO2S. The van der Waals surface area contributed by atoms with Gasteiger partial charge in [-0.2, -0.15) is 0 Å². The van der Waals surface area contributed by atoms with Crippen molar-refractivity contribution in [2.24, 2.45) is 0 Å². The van der Waals surface area contributed by atoms with Gasteiger partial charge in [0, 0.05) is 17.9 Å². The highest BCUT2D eigenvalue weighted by molar-refractivity contribution is 7.99. The molecular weight excluding hydrogens is 241 g/mol. The lowest BCUT2D eigenvalue weighted by atomic mass is 10.2. The van der Waals surface area contributed by atoms with E-state index in [1.807, 2.05) is 0 Å². The van der Waals surface area contributed by atoms with Gasteiger partial charge in [-0.25, -0.2) is 9.37 Å². The highest BCUT2D eigenvalue weighted by atomic mass is 32.2. The lowest BCUT2D eigenvalue weighted by molar-refractivity contribution is 0.296. The van der Waals surface area contributed by atoms with Gasteiger partial charge in [-0.05, 0) is 30.7 Å². The van der Waals surface area contributed by atoms with E-state index < -0.39 is 0 Å². The molecule has 0 bridgehead atoms. The summed E-state index contributed by atoms with van der Waals surface area (Å²) in [6.07, 6.45) is 2.33. The maximum atomic E-state index is 12.7. The van der Waals surface area contributed by atoms with E-state index in [-0.39, 0.29) is 12.4 Å². The monoisotopic (exact) mass is 253 g/mol. The zero-order valence-corrected chi connectivity index (χ0v) is 9.91. The van der Waals surface area contributed by atoms with Gasteiger partial charge in [-0.15, -0.1) is 0 Å². The third kappa shape index (κ3) is 3.31. The van der Waals surface area contributed by atoms with Crippen LogP contribution in [0.5, 0.6) is 0 Å². The first-order chi connectivity index (χ1) is 8.29. The quantitative estimate of drug-likeness (QED) is 0.657. The Labute approximate surface area is 103 Å². The maximum absolute atomic E-state index is 12.7. The fraction of sp³-hybridized carbons (Fsp3) is 0.250. The molecule has 0 saturated heterocycles. The standard InChI is InChI=1S/C12H12FNO2S/c13-10-4-2-9(3-5-10)11-8-14-12(16-11)17-7-1-6-15/h2-5,8,15H,1,6-7H2. The summed E-state index contributed by atoms with van der Waals surface area (Å²) in [6, 6.07) is 6.07. The van der Waals surface area contributed by atoms with E-state index in [9.17, 15) is 4.39 Å². The van der Waals surface area contributed by atoms with Gasteiger partial charge >= 0.3 is 0 Å². The number of benzene rings is 1. The van der Waals surface area contributed by atoms with Crippen molar-refractivity contribution >= 4 is 11.8 Å². The normalized spacial score (nSPS) is 10.7. The highest BCUT2D eigenvalue weighted by Gasteiger charge is 2.06. The van der Waals surface area contributed by atoms with Crippen molar-refractivity contribution in [3.05, 3.63) is 36.3 Å². The second-order valence-corrected chi connectivity index (χ2v) is 4.47. The van der Waals surface area contributed by atoms with Crippen LogP contribution in [0.25, 0.3) is 11.3 Å². The smallest absolute Gasteiger partial charge is 0.256 e. The Hall–Kier alpha value is -1.33. The van der Waals surface area contributed by atoms with Crippen molar-refractivity contribution in [2.45, 2.75) is 11.6 Å². The van der Waals surface area contributed by atoms with E-state index in [0.29, 0.717) is 17.4 Å². The minimum atomic E-state index is -0.272. The van der Waals surface area contributed by atoms with Gasteiger partial charge in [0.1, 0.15) is 5.82 Å². The predicted octanol–water partition coefficient (Wildman–Crippen LogP) is 2.96. The molecule has 0 aliphatic heterocycles. The Morgan fingerprint density at radius 3 is 2.76 bits per heavy atom. The lowest BCUT2D eigenvalue weighted by Crippen LogP contribution is -1.84. The summed E-state index contributed by atoms with van der Waals surface area (Å²) in [6.45, 7) is 0.165. The lowest BCUT2D eigenvalue weighted by Gasteiger charge is -1.96. The number of aromatic nitrogens is 1. The molecule has 2 rings (SSSR count). The van der Waals surface area contributed by atoms with Gasteiger partial charge in [-0.3, -0.25) is 0 Å². The summed E-state index contributed by atoms with van der Waals surface area (Å²) < 4.78 is 18.2. The zero-order valence-electron chi connectivity index (χ0n) is 9.10. The fourth-order valence-corrected chi connectivity index (χ4v) is 2.02. The number of aliphatic hydroxyl groups excluding tert-OH is 1. The Morgan fingerprint density at radius 1 is 1.29 bits per heavy atom. The van der Waals surface area contributed by atoms with Crippen LogP contribution in [0.2, 0.25) is 0 Å². The molecule has 0 amide bonds. The van der Waals surface area contributed by atoms with Gasteiger partial charge in [0.25, 0.3) is 5.22 Å². The molecule has 3 nitrogen and oxygen atoms in total. The molecule has 0 aliphatic carbocycles. The Kier molecular flexibility index (Phi) is 4.17. The van der Waals surface area contributed by atoms with Crippen LogP contribution in [0.3, 0.4) is 0 Å². The second-order valence-electron chi connectivity index (χ2n) is 3.42. The summed E-state index contributed by atoms with van der Waals surface area (Å²) in [5.74, 6) is 1.11. The topological polar surface area (TPSA) is 46.3 Å². The first-order valence-electron chi connectivity index (χ1n) is 5.25. The van der Waals surface area contributed by atoms with E-state index >= 15 is 0 Å². The molecule has 1 heterocycles. The van der Waals surface area contributed by atoms with E-state index in [1.54, 1.807) is 18.3 Å². The van der Waals surface area contributed by atoms with Crippen LogP contribution < -0.4 is 0 Å². The number of halogens is 1. The summed E-state index contributed by atoms with van der Waals surface area (Å²) >= 11 is 1.45. The minimum Gasteiger partial charge on any atom is -0.431 e. The molecule has 90 valence electrons. The van der Waals surface area contributed by atoms with Gasteiger partial charge in [0.05, 0.1) is 6.20 Å². The van der Waals surface area contributed by atoms with E-state index in [1.165, 1.54) is 23.9 Å². The molecule has 0 radical (unpaired) electrons. The van der Waals surface area contributed by atoms with Crippen molar-refractivity contribution in [2.75, 3.05) is 12.4 Å². The summed E-state index contributed by atoms with van der Waals surface area (Å²) in [5, 5.41) is 9.22. The number of hydrogen-bond donors (Lipinski definition) is 1. The molecule has 0 unspecified atom stereocenters. The van der Waals surface area contributed by atoms with Crippen molar-refractivity contribution < 1.29 is 13.9 Å². The van der Waals surface area contributed by atoms with Crippen molar-refractivity contribution in [1.82, 2.24) is 4.98 Å². The van der Waals surface area contributed by atoms with E-state index in [4.69, 9.17) is 9.52 Å². The van der Waals surface area contributed by atoms with E-state index in [2.05, 4.69) is 4.98 Å².